The van der Waals surface area contributed by atoms with E-state index in [1.54, 1.807) is 19.2 Å². The number of aliphatic hydroxyl groups excluding tert-OH is 1. The molecule has 1 fully saturated rings. The molecule has 0 unspecified atom stereocenters. The number of aliphatic hydroxyl groups is 1. The summed E-state index contributed by atoms with van der Waals surface area (Å²) in [7, 11) is 1.54. The molecule has 6 heteroatoms. The van der Waals surface area contributed by atoms with E-state index in [0.29, 0.717) is 12.2 Å². The lowest BCUT2D eigenvalue weighted by Gasteiger charge is -2.25. The molecule has 1 aliphatic heterocycles. The molecule has 0 saturated carbocycles. The van der Waals surface area contributed by atoms with Crippen LogP contribution >= 0.6 is 22.6 Å². The van der Waals surface area contributed by atoms with E-state index < -0.39 is 17.7 Å². The SMILES string of the molecule is COCCN1C(=O)C(=O)C(=C(O)c2ccc(C)cc2)[C@@H]1c1ccc(I)cc1. The minimum atomic E-state index is -0.673. The first kappa shape index (κ1) is 19.6. The molecule has 0 radical (unpaired) electrons. The maximum Gasteiger partial charge on any atom is 0.295 e. The van der Waals surface area contributed by atoms with Crippen molar-refractivity contribution in [3.05, 3.63) is 74.4 Å². The van der Waals surface area contributed by atoms with Crippen LogP contribution in [-0.2, 0) is 14.3 Å². The average Bonchev–Trinajstić information content (AvgIpc) is 2.91. The Morgan fingerprint density at radius 2 is 1.74 bits per heavy atom. The summed E-state index contributed by atoms with van der Waals surface area (Å²) in [5, 5.41) is 10.9. The third kappa shape index (κ3) is 3.91. The van der Waals surface area contributed by atoms with Crippen LogP contribution in [0.3, 0.4) is 0 Å². The highest BCUT2D eigenvalue weighted by Gasteiger charge is 2.45. The van der Waals surface area contributed by atoms with Crippen molar-refractivity contribution in [2.45, 2.75) is 13.0 Å². The van der Waals surface area contributed by atoms with E-state index >= 15 is 0 Å². The number of likely N-dealkylation sites (tertiary alicyclic amines) is 1. The van der Waals surface area contributed by atoms with E-state index in [2.05, 4.69) is 22.6 Å². The molecule has 1 saturated heterocycles. The fraction of sp³-hybridized carbons (Fsp3) is 0.238. The number of halogens is 1. The van der Waals surface area contributed by atoms with Crippen molar-refractivity contribution >= 4 is 40.0 Å². The maximum absolute atomic E-state index is 12.8. The van der Waals surface area contributed by atoms with Crippen LogP contribution in [-0.4, -0.2) is 42.0 Å². The standard InChI is InChI=1S/C21H20INO4/c1-13-3-5-15(6-4-13)19(24)17-18(14-7-9-16(22)10-8-14)23(11-12-27-2)21(26)20(17)25/h3-10,18,24H,11-12H2,1-2H3/t18-/m0/s1. The van der Waals surface area contributed by atoms with Crippen molar-refractivity contribution in [3.8, 4) is 0 Å². The summed E-state index contributed by atoms with van der Waals surface area (Å²) in [6.07, 6.45) is 0. The highest BCUT2D eigenvalue weighted by Crippen LogP contribution is 2.39. The highest BCUT2D eigenvalue weighted by molar-refractivity contribution is 14.1. The van der Waals surface area contributed by atoms with Crippen LogP contribution in [0.15, 0.2) is 54.1 Å². The molecular weight excluding hydrogens is 457 g/mol. The van der Waals surface area contributed by atoms with Gasteiger partial charge in [0.05, 0.1) is 18.2 Å². The Kier molecular flexibility index (Phi) is 5.96. The monoisotopic (exact) mass is 477 g/mol. The zero-order valence-electron chi connectivity index (χ0n) is 15.1. The molecular formula is C21H20INO4. The molecule has 5 nitrogen and oxygen atoms in total. The van der Waals surface area contributed by atoms with Crippen LogP contribution in [0, 0.1) is 10.5 Å². The van der Waals surface area contributed by atoms with Gasteiger partial charge in [0.2, 0.25) is 0 Å². The third-order valence-electron chi connectivity index (χ3n) is 4.59. The number of aryl methyl sites for hydroxylation is 1. The highest BCUT2D eigenvalue weighted by atomic mass is 127. The van der Waals surface area contributed by atoms with Gasteiger partial charge in [0.15, 0.2) is 0 Å². The van der Waals surface area contributed by atoms with Crippen molar-refractivity contribution < 1.29 is 19.4 Å². The van der Waals surface area contributed by atoms with E-state index in [9.17, 15) is 14.7 Å². The fourth-order valence-electron chi connectivity index (χ4n) is 3.16. The smallest absolute Gasteiger partial charge is 0.295 e. The van der Waals surface area contributed by atoms with Crippen molar-refractivity contribution in [3.63, 3.8) is 0 Å². The fourth-order valence-corrected chi connectivity index (χ4v) is 3.52. The Morgan fingerprint density at radius 3 is 2.33 bits per heavy atom. The predicted octanol–water partition coefficient (Wildman–Crippen LogP) is 3.67. The zero-order chi connectivity index (χ0) is 19.6. The molecule has 0 aromatic heterocycles. The summed E-state index contributed by atoms with van der Waals surface area (Å²) in [4.78, 5) is 26.9. The Balaban J connectivity index is 2.14. The van der Waals surface area contributed by atoms with E-state index in [4.69, 9.17) is 4.74 Å². The normalized spacial score (nSPS) is 18.9. The number of carbonyl (C=O) groups excluding carboxylic acids is 2. The molecule has 0 spiro atoms. The minimum absolute atomic E-state index is 0.112. The summed E-state index contributed by atoms with van der Waals surface area (Å²) < 4.78 is 6.14. The number of methoxy groups -OCH3 is 1. The molecule has 1 aliphatic rings. The van der Waals surface area contributed by atoms with Crippen LogP contribution in [0.2, 0.25) is 0 Å². The molecule has 27 heavy (non-hydrogen) atoms. The molecule has 3 rings (SSSR count). The van der Waals surface area contributed by atoms with Crippen molar-refractivity contribution in [1.82, 2.24) is 4.90 Å². The van der Waals surface area contributed by atoms with Gasteiger partial charge in [-0.05, 0) is 47.2 Å². The van der Waals surface area contributed by atoms with Crippen molar-refractivity contribution in [2.24, 2.45) is 0 Å². The van der Waals surface area contributed by atoms with Crippen LogP contribution in [0.4, 0.5) is 0 Å². The van der Waals surface area contributed by atoms with Gasteiger partial charge in [-0.2, -0.15) is 0 Å². The van der Waals surface area contributed by atoms with E-state index in [1.165, 1.54) is 4.90 Å². The molecule has 1 atom stereocenters. The molecule has 2 aromatic rings. The molecule has 140 valence electrons. The third-order valence-corrected chi connectivity index (χ3v) is 5.31. The summed E-state index contributed by atoms with van der Waals surface area (Å²) in [6, 6.07) is 14.2. The number of rotatable bonds is 5. The Bertz CT molecular complexity index is 887. The van der Waals surface area contributed by atoms with Gasteiger partial charge >= 0.3 is 0 Å². The van der Waals surface area contributed by atoms with Gasteiger partial charge < -0.3 is 14.7 Å². The number of benzene rings is 2. The number of nitrogens with zero attached hydrogens (tertiary/aromatic N) is 1. The first-order valence-electron chi connectivity index (χ1n) is 8.54. The Hall–Kier alpha value is -2.19. The number of ether oxygens (including phenoxy) is 1. The molecule has 0 bridgehead atoms. The van der Waals surface area contributed by atoms with Crippen LogP contribution in [0.25, 0.3) is 5.76 Å². The van der Waals surface area contributed by atoms with Crippen LogP contribution < -0.4 is 0 Å². The van der Waals surface area contributed by atoms with Crippen molar-refractivity contribution in [2.75, 3.05) is 20.3 Å². The summed E-state index contributed by atoms with van der Waals surface area (Å²) in [5.74, 6) is -1.45. The predicted molar refractivity (Wildman–Crippen MR) is 111 cm³/mol. The van der Waals surface area contributed by atoms with Gasteiger partial charge in [0.1, 0.15) is 5.76 Å². The Labute approximate surface area is 171 Å². The lowest BCUT2D eigenvalue weighted by atomic mass is 9.95. The topological polar surface area (TPSA) is 66.8 Å². The number of ketones is 1. The summed E-state index contributed by atoms with van der Waals surface area (Å²) >= 11 is 2.20. The zero-order valence-corrected chi connectivity index (χ0v) is 17.3. The van der Waals surface area contributed by atoms with Crippen LogP contribution in [0.5, 0.6) is 0 Å². The Morgan fingerprint density at radius 1 is 1.11 bits per heavy atom. The largest absolute Gasteiger partial charge is 0.507 e. The summed E-state index contributed by atoms with van der Waals surface area (Å²) in [5.41, 5.74) is 2.45. The van der Waals surface area contributed by atoms with E-state index in [-0.39, 0.29) is 17.9 Å². The number of carbonyl (C=O) groups is 2. The average molecular weight is 477 g/mol. The summed E-state index contributed by atoms with van der Waals surface area (Å²) in [6.45, 7) is 2.51. The van der Waals surface area contributed by atoms with Gasteiger partial charge in [0, 0.05) is 22.8 Å². The second-order valence-corrected chi connectivity index (χ2v) is 7.65. The molecule has 2 aromatic carbocycles. The van der Waals surface area contributed by atoms with Gasteiger partial charge in [-0.15, -0.1) is 0 Å². The quantitative estimate of drug-likeness (QED) is 0.309. The molecule has 1 heterocycles. The number of hydrogen-bond acceptors (Lipinski definition) is 4. The molecule has 1 amide bonds. The lowest BCUT2D eigenvalue weighted by molar-refractivity contribution is -0.140. The lowest BCUT2D eigenvalue weighted by Crippen LogP contribution is -2.32. The van der Waals surface area contributed by atoms with Crippen molar-refractivity contribution in [1.29, 1.82) is 0 Å². The van der Waals surface area contributed by atoms with Gasteiger partial charge in [-0.3, -0.25) is 9.59 Å². The van der Waals surface area contributed by atoms with Crippen LogP contribution in [0.1, 0.15) is 22.7 Å². The molecule has 1 N–H and O–H groups in total. The van der Waals surface area contributed by atoms with Gasteiger partial charge in [0.25, 0.3) is 11.7 Å². The molecule has 0 aliphatic carbocycles. The first-order chi connectivity index (χ1) is 12.9. The van der Waals surface area contributed by atoms with E-state index in [0.717, 1.165) is 14.7 Å². The van der Waals surface area contributed by atoms with E-state index in [1.807, 2.05) is 43.3 Å². The number of amides is 1. The second-order valence-electron chi connectivity index (χ2n) is 6.40. The van der Waals surface area contributed by atoms with Gasteiger partial charge in [-0.25, -0.2) is 0 Å². The number of hydrogen-bond donors (Lipinski definition) is 1. The van der Waals surface area contributed by atoms with Gasteiger partial charge in [-0.1, -0.05) is 42.0 Å². The number of Topliss-reactive ketones (excluding diaryl/α,β-unsaturated/α-hetero) is 1. The maximum atomic E-state index is 12.8. The second kappa shape index (κ2) is 8.22. The first-order valence-corrected chi connectivity index (χ1v) is 9.61. The minimum Gasteiger partial charge on any atom is -0.507 e.